The lowest BCUT2D eigenvalue weighted by molar-refractivity contribution is 0.00961. The summed E-state index contributed by atoms with van der Waals surface area (Å²) in [6.45, 7) is 3.60. The van der Waals surface area contributed by atoms with Crippen LogP contribution >= 0.6 is 11.3 Å². The molecule has 7 nitrogen and oxygen atoms in total. The van der Waals surface area contributed by atoms with Crippen LogP contribution in [-0.4, -0.2) is 60.0 Å². The van der Waals surface area contributed by atoms with Gasteiger partial charge in [-0.2, -0.15) is 4.98 Å². The molecule has 0 N–H and O–H groups in total. The van der Waals surface area contributed by atoms with Gasteiger partial charge in [0, 0.05) is 38.6 Å². The largest absolute Gasteiger partial charge is 0.381 e. The van der Waals surface area contributed by atoms with Crippen molar-refractivity contribution in [2.24, 2.45) is 0 Å². The number of thiophene rings is 1. The summed E-state index contributed by atoms with van der Waals surface area (Å²) in [6, 6.07) is 3.80. The van der Waals surface area contributed by atoms with Crippen LogP contribution in [0.1, 0.15) is 53.0 Å². The number of ether oxygens (including phenoxy) is 2. The molecule has 146 valence electrons. The number of aromatic nitrogens is 2. The standard InChI is InChI=1S/C19H25N3O4S/c23-19(16-2-1-13-27-16)22-8-3-15(4-9-22)25-12-7-17-20-18(26-21-17)14-5-10-24-11-6-14/h1-2,13-15H,3-12H2. The lowest BCUT2D eigenvalue weighted by Crippen LogP contribution is -2.40. The minimum atomic E-state index is 0.135. The molecule has 0 unspecified atom stereocenters. The lowest BCUT2D eigenvalue weighted by Gasteiger charge is -2.31. The van der Waals surface area contributed by atoms with Crippen LogP contribution in [0.2, 0.25) is 0 Å². The highest BCUT2D eigenvalue weighted by atomic mass is 32.1. The highest BCUT2D eigenvalue weighted by Crippen LogP contribution is 2.25. The number of likely N-dealkylation sites (tertiary alicyclic amines) is 1. The molecule has 2 aromatic heterocycles. The molecule has 4 heterocycles. The number of amides is 1. The van der Waals surface area contributed by atoms with Crippen LogP contribution < -0.4 is 0 Å². The summed E-state index contributed by atoms with van der Waals surface area (Å²) in [4.78, 5) is 19.6. The second kappa shape index (κ2) is 8.95. The average molecular weight is 391 g/mol. The molecular formula is C19H25N3O4S. The van der Waals surface area contributed by atoms with Crippen LogP contribution in [0.4, 0.5) is 0 Å². The second-order valence-corrected chi connectivity index (χ2v) is 7.97. The monoisotopic (exact) mass is 391 g/mol. The van der Waals surface area contributed by atoms with Gasteiger partial charge < -0.3 is 18.9 Å². The molecule has 1 amide bonds. The first-order valence-electron chi connectivity index (χ1n) is 9.64. The number of piperidine rings is 1. The molecular weight excluding hydrogens is 366 g/mol. The van der Waals surface area contributed by atoms with E-state index in [-0.39, 0.29) is 12.0 Å². The summed E-state index contributed by atoms with van der Waals surface area (Å²) in [5.41, 5.74) is 0. The van der Waals surface area contributed by atoms with Crippen molar-refractivity contribution in [2.75, 3.05) is 32.9 Å². The molecule has 0 aromatic carbocycles. The molecule has 0 spiro atoms. The Balaban J connectivity index is 1.17. The molecule has 0 saturated carbocycles. The summed E-state index contributed by atoms with van der Waals surface area (Å²) in [5.74, 6) is 1.90. The maximum Gasteiger partial charge on any atom is 0.263 e. The van der Waals surface area contributed by atoms with Crippen LogP contribution in [0.5, 0.6) is 0 Å². The van der Waals surface area contributed by atoms with E-state index in [1.807, 2.05) is 22.4 Å². The zero-order valence-corrected chi connectivity index (χ0v) is 16.2. The van der Waals surface area contributed by atoms with Gasteiger partial charge in [-0.15, -0.1) is 11.3 Å². The van der Waals surface area contributed by atoms with Gasteiger partial charge in [0.15, 0.2) is 5.82 Å². The van der Waals surface area contributed by atoms with Crippen LogP contribution in [-0.2, 0) is 15.9 Å². The fourth-order valence-electron chi connectivity index (χ4n) is 3.58. The van der Waals surface area contributed by atoms with Crippen LogP contribution in [0.15, 0.2) is 22.0 Å². The van der Waals surface area contributed by atoms with Gasteiger partial charge in [0.1, 0.15) is 0 Å². The number of rotatable bonds is 6. The number of carbonyl (C=O) groups is 1. The van der Waals surface area contributed by atoms with Crippen molar-refractivity contribution >= 4 is 17.2 Å². The maximum absolute atomic E-state index is 12.4. The number of carbonyl (C=O) groups excluding carboxylic acids is 1. The Morgan fingerprint density at radius 3 is 2.81 bits per heavy atom. The summed E-state index contributed by atoms with van der Waals surface area (Å²) in [5, 5.41) is 6.02. The van der Waals surface area contributed by atoms with Gasteiger partial charge in [0.05, 0.1) is 17.6 Å². The third kappa shape index (κ3) is 4.75. The number of hydrogen-bond acceptors (Lipinski definition) is 7. The smallest absolute Gasteiger partial charge is 0.263 e. The van der Waals surface area contributed by atoms with Gasteiger partial charge >= 0.3 is 0 Å². The Kier molecular flexibility index (Phi) is 6.16. The van der Waals surface area contributed by atoms with E-state index >= 15 is 0 Å². The van der Waals surface area contributed by atoms with Gasteiger partial charge in [-0.1, -0.05) is 11.2 Å². The number of nitrogens with zero attached hydrogens (tertiary/aromatic N) is 3. The van der Waals surface area contributed by atoms with Crippen molar-refractivity contribution in [1.82, 2.24) is 15.0 Å². The normalized spacial score (nSPS) is 19.5. The van der Waals surface area contributed by atoms with E-state index in [9.17, 15) is 4.79 Å². The Hall–Kier alpha value is -1.77. The van der Waals surface area contributed by atoms with E-state index in [1.165, 1.54) is 11.3 Å². The molecule has 2 aliphatic heterocycles. The summed E-state index contributed by atoms with van der Waals surface area (Å²) >= 11 is 1.50. The fraction of sp³-hybridized carbons (Fsp3) is 0.632. The third-order valence-corrected chi connectivity index (χ3v) is 6.05. The van der Waals surface area contributed by atoms with Crippen molar-refractivity contribution in [3.63, 3.8) is 0 Å². The van der Waals surface area contributed by atoms with Crippen LogP contribution in [0.25, 0.3) is 0 Å². The minimum absolute atomic E-state index is 0.135. The number of hydrogen-bond donors (Lipinski definition) is 0. The molecule has 2 aliphatic rings. The zero-order chi connectivity index (χ0) is 18.5. The summed E-state index contributed by atoms with van der Waals surface area (Å²) in [7, 11) is 0. The van der Waals surface area contributed by atoms with E-state index in [1.54, 1.807) is 0 Å². The Bertz CT molecular complexity index is 719. The van der Waals surface area contributed by atoms with E-state index in [4.69, 9.17) is 14.0 Å². The molecule has 2 saturated heterocycles. The predicted octanol–water partition coefficient (Wildman–Crippen LogP) is 2.89. The summed E-state index contributed by atoms with van der Waals surface area (Å²) < 4.78 is 16.8. The first kappa shape index (κ1) is 18.6. The van der Waals surface area contributed by atoms with Crippen molar-refractivity contribution in [3.8, 4) is 0 Å². The van der Waals surface area contributed by atoms with Gasteiger partial charge in [0.2, 0.25) is 5.89 Å². The first-order valence-corrected chi connectivity index (χ1v) is 10.5. The topological polar surface area (TPSA) is 77.7 Å². The van der Waals surface area contributed by atoms with E-state index in [0.29, 0.717) is 24.8 Å². The molecule has 0 aliphatic carbocycles. The molecule has 2 aromatic rings. The van der Waals surface area contributed by atoms with Crippen LogP contribution in [0, 0.1) is 0 Å². The van der Waals surface area contributed by atoms with E-state index in [2.05, 4.69) is 10.1 Å². The lowest BCUT2D eigenvalue weighted by atomic mass is 10.0. The molecule has 27 heavy (non-hydrogen) atoms. The summed E-state index contributed by atoms with van der Waals surface area (Å²) in [6.07, 6.45) is 4.48. The Labute approximate surface area is 162 Å². The Morgan fingerprint density at radius 1 is 1.26 bits per heavy atom. The molecule has 8 heteroatoms. The van der Waals surface area contributed by atoms with Crippen molar-refractivity contribution in [3.05, 3.63) is 34.1 Å². The fourth-order valence-corrected chi connectivity index (χ4v) is 4.27. The van der Waals surface area contributed by atoms with Gasteiger partial charge in [-0.25, -0.2) is 0 Å². The highest BCUT2D eigenvalue weighted by molar-refractivity contribution is 7.12. The molecule has 0 atom stereocenters. The molecule has 0 radical (unpaired) electrons. The van der Waals surface area contributed by atoms with E-state index < -0.39 is 0 Å². The van der Waals surface area contributed by atoms with Crippen molar-refractivity contribution in [2.45, 2.75) is 44.1 Å². The van der Waals surface area contributed by atoms with Crippen molar-refractivity contribution in [1.29, 1.82) is 0 Å². The minimum Gasteiger partial charge on any atom is -0.381 e. The second-order valence-electron chi connectivity index (χ2n) is 7.03. The molecule has 4 rings (SSSR count). The van der Waals surface area contributed by atoms with Gasteiger partial charge in [-0.3, -0.25) is 4.79 Å². The zero-order valence-electron chi connectivity index (χ0n) is 15.3. The quantitative estimate of drug-likeness (QED) is 0.753. The average Bonchev–Trinajstić information content (AvgIpc) is 3.41. The van der Waals surface area contributed by atoms with Crippen molar-refractivity contribution < 1.29 is 18.8 Å². The maximum atomic E-state index is 12.4. The predicted molar refractivity (Wildman–Crippen MR) is 100.0 cm³/mol. The molecule has 2 fully saturated rings. The SMILES string of the molecule is O=C(c1cccs1)N1CCC(OCCc2noc(C3CCOCC3)n2)CC1. The third-order valence-electron chi connectivity index (χ3n) is 5.19. The Morgan fingerprint density at radius 2 is 2.07 bits per heavy atom. The van der Waals surface area contributed by atoms with Gasteiger partial charge in [-0.05, 0) is 37.1 Å². The first-order chi connectivity index (χ1) is 13.3. The van der Waals surface area contributed by atoms with E-state index in [0.717, 1.165) is 62.8 Å². The molecule has 0 bridgehead atoms. The highest BCUT2D eigenvalue weighted by Gasteiger charge is 2.25. The van der Waals surface area contributed by atoms with Crippen LogP contribution in [0.3, 0.4) is 0 Å². The van der Waals surface area contributed by atoms with Gasteiger partial charge in [0.25, 0.3) is 5.91 Å².